The molecule has 0 atom stereocenters. The van der Waals surface area contributed by atoms with Crippen LogP contribution in [-0.4, -0.2) is 11.1 Å². The minimum atomic E-state index is -1.32. The lowest BCUT2D eigenvalue weighted by Crippen LogP contribution is -2.31. The molecule has 2 aromatic rings. The molecule has 0 aromatic heterocycles. The van der Waals surface area contributed by atoms with E-state index in [1.807, 2.05) is 43.3 Å². The summed E-state index contributed by atoms with van der Waals surface area (Å²) in [6.45, 7) is 2.03. The summed E-state index contributed by atoms with van der Waals surface area (Å²) in [5, 5.41) is 8.82. The molecule has 114 valence electrons. The van der Waals surface area contributed by atoms with Gasteiger partial charge in [-0.15, -0.1) is 0 Å². The molecular weight excluding hydrogens is 282 g/mol. The average molecular weight is 299 g/mol. The Morgan fingerprint density at radius 2 is 1.55 bits per heavy atom. The SMILES string of the molecule is Cc1ccc(-c2ccc(O/C(NN)=C(/N)C(=O)O)cc2)cc1. The molecule has 0 aliphatic carbocycles. The van der Waals surface area contributed by atoms with Gasteiger partial charge in [0.25, 0.3) is 0 Å². The maximum atomic E-state index is 10.8. The number of aliphatic carboxylic acids is 1. The number of nitrogens with one attached hydrogen (secondary N) is 1. The van der Waals surface area contributed by atoms with Gasteiger partial charge in [-0.1, -0.05) is 42.0 Å². The smallest absolute Gasteiger partial charge is 0.357 e. The molecule has 22 heavy (non-hydrogen) atoms. The molecule has 0 spiro atoms. The number of hydrogen-bond acceptors (Lipinski definition) is 5. The molecule has 6 nitrogen and oxygen atoms in total. The molecule has 2 rings (SSSR count). The summed E-state index contributed by atoms with van der Waals surface area (Å²) in [4.78, 5) is 10.8. The number of hydrogen-bond donors (Lipinski definition) is 4. The number of rotatable bonds is 5. The molecular formula is C16H17N3O3. The third-order valence-corrected chi connectivity index (χ3v) is 3.07. The van der Waals surface area contributed by atoms with Crippen molar-refractivity contribution >= 4 is 5.97 Å². The van der Waals surface area contributed by atoms with Gasteiger partial charge >= 0.3 is 5.97 Å². The van der Waals surface area contributed by atoms with Crippen molar-refractivity contribution in [2.24, 2.45) is 11.6 Å². The standard InChI is InChI=1S/C16H17N3O3/c1-10-2-4-11(5-3-10)12-6-8-13(9-7-12)22-15(19-18)14(17)16(20)21/h2-9,19H,17-18H2,1H3,(H,20,21)/b15-14+. The summed E-state index contributed by atoms with van der Waals surface area (Å²) >= 11 is 0. The van der Waals surface area contributed by atoms with Gasteiger partial charge in [0.05, 0.1) is 0 Å². The van der Waals surface area contributed by atoms with Gasteiger partial charge in [0, 0.05) is 0 Å². The van der Waals surface area contributed by atoms with E-state index in [4.69, 9.17) is 21.4 Å². The highest BCUT2D eigenvalue weighted by atomic mass is 16.5. The Labute approximate surface area is 128 Å². The van der Waals surface area contributed by atoms with E-state index in [0.717, 1.165) is 11.1 Å². The minimum Gasteiger partial charge on any atom is -0.476 e. The van der Waals surface area contributed by atoms with E-state index < -0.39 is 11.7 Å². The monoisotopic (exact) mass is 299 g/mol. The van der Waals surface area contributed by atoms with Gasteiger partial charge in [0.15, 0.2) is 5.70 Å². The summed E-state index contributed by atoms with van der Waals surface area (Å²) in [5.74, 6) is 4.11. The van der Waals surface area contributed by atoms with Crippen molar-refractivity contribution in [1.82, 2.24) is 5.43 Å². The summed E-state index contributed by atoms with van der Waals surface area (Å²) in [6.07, 6.45) is 0. The molecule has 0 amide bonds. The highest BCUT2D eigenvalue weighted by Gasteiger charge is 2.12. The highest BCUT2D eigenvalue weighted by molar-refractivity contribution is 5.85. The van der Waals surface area contributed by atoms with Crippen LogP contribution in [0.5, 0.6) is 5.75 Å². The van der Waals surface area contributed by atoms with Crippen LogP contribution in [0.1, 0.15) is 5.56 Å². The van der Waals surface area contributed by atoms with Gasteiger partial charge in [-0.3, -0.25) is 5.43 Å². The predicted octanol–water partition coefficient (Wildman–Crippen LogP) is 1.72. The second-order valence-electron chi connectivity index (χ2n) is 4.68. The molecule has 0 aliphatic rings. The number of carbonyl (C=O) groups is 1. The van der Waals surface area contributed by atoms with Gasteiger partial charge in [0.2, 0.25) is 5.88 Å². The van der Waals surface area contributed by atoms with Crippen molar-refractivity contribution in [3.8, 4) is 16.9 Å². The molecule has 0 unspecified atom stereocenters. The molecule has 6 N–H and O–H groups in total. The van der Waals surface area contributed by atoms with E-state index in [-0.39, 0.29) is 5.88 Å². The second kappa shape index (κ2) is 6.64. The van der Waals surface area contributed by atoms with Crippen molar-refractivity contribution in [1.29, 1.82) is 0 Å². The van der Waals surface area contributed by atoms with E-state index in [1.54, 1.807) is 12.1 Å². The Morgan fingerprint density at radius 3 is 2.00 bits per heavy atom. The number of carboxylic acid groups (broad SMARTS) is 1. The van der Waals surface area contributed by atoms with Crippen molar-refractivity contribution in [2.45, 2.75) is 6.92 Å². The van der Waals surface area contributed by atoms with Crippen LogP contribution in [0.4, 0.5) is 0 Å². The van der Waals surface area contributed by atoms with Crippen LogP contribution in [0, 0.1) is 6.92 Å². The highest BCUT2D eigenvalue weighted by Crippen LogP contribution is 2.23. The first-order valence-electron chi connectivity index (χ1n) is 6.56. The topological polar surface area (TPSA) is 111 Å². The molecule has 0 saturated carbocycles. The zero-order valence-corrected chi connectivity index (χ0v) is 12.0. The lowest BCUT2D eigenvalue weighted by molar-refractivity contribution is -0.132. The molecule has 0 bridgehead atoms. The normalized spacial score (nSPS) is 11.5. The number of benzene rings is 2. The Balaban J connectivity index is 2.20. The van der Waals surface area contributed by atoms with Crippen molar-refractivity contribution < 1.29 is 14.6 Å². The summed E-state index contributed by atoms with van der Waals surface area (Å²) < 4.78 is 5.33. The third kappa shape index (κ3) is 3.56. The first-order valence-corrected chi connectivity index (χ1v) is 6.56. The molecule has 2 aromatic carbocycles. The number of hydrazine groups is 1. The van der Waals surface area contributed by atoms with Crippen LogP contribution >= 0.6 is 0 Å². The first kappa shape index (κ1) is 15.4. The largest absolute Gasteiger partial charge is 0.476 e. The first-order chi connectivity index (χ1) is 10.5. The summed E-state index contributed by atoms with van der Waals surface area (Å²) in [6, 6.07) is 15.3. The van der Waals surface area contributed by atoms with Gasteiger partial charge < -0.3 is 15.6 Å². The van der Waals surface area contributed by atoms with Crippen LogP contribution in [-0.2, 0) is 4.79 Å². The maximum absolute atomic E-state index is 10.8. The van der Waals surface area contributed by atoms with Gasteiger partial charge in [-0.05, 0) is 30.2 Å². The third-order valence-electron chi connectivity index (χ3n) is 3.07. The lowest BCUT2D eigenvalue weighted by atomic mass is 10.0. The van der Waals surface area contributed by atoms with Crippen LogP contribution in [0.15, 0.2) is 60.1 Å². The zero-order chi connectivity index (χ0) is 16.1. The molecule has 0 fully saturated rings. The number of ether oxygens (including phenoxy) is 1. The Morgan fingerprint density at radius 1 is 1.05 bits per heavy atom. The van der Waals surface area contributed by atoms with Gasteiger partial charge in [-0.25, -0.2) is 10.6 Å². The van der Waals surface area contributed by atoms with E-state index in [9.17, 15) is 4.79 Å². The predicted molar refractivity (Wildman–Crippen MR) is 83.4 cm³/mol. The van der Waals surface area contributed by atoms with E-state index in [2.05, 4.69) is 5.43 Å². The van der Waals surface area contributed by atoms with E-state index in [1.165, 1.54) is 5.56 Å². The Hall–Kier alpha value is -2.99. The molecule has 0 saturated heterocycles. The minimum absolute atomic E-state index is 0.212. The molecule has 0 aliphatic heterocycles. The lowest BCUT2D eigenvalue weighted by Gasteiger charge is -2.11. The van der Waals surface area contributed by atoms with Crippen molar-refractivity contribution in [3.05, 3.63) is 65.7 Å². The maximum Gasteiger partial charge on any atom is 0.357 e. The Kier molecular flexibility index (Phi) is 4.65. The summed E-state index contributed by atoms with van der Waals surface area (Å²) in [7, 11) is 0. The van der Waals surface area contributed by atoms with Crippen molar-refractivity contribution in [3.63, 3.8) is 0 Å². The quantitative estimate of drug-likeness (QED) is 0.289. The summed E-state index contributed by atoms with van der Waals surface area (Å²) in [5.41, 5.74) is 10.3. The number of carboxylic acids is 1. The fourth-order valence-corrected chi connectivity index (χ4v) is 1.84. The molecule has 0 radical (unpaired) electrons. The van der Waals surface area contributed by atoms with Crippen LogP contribution in [0.25, 0.3) is 11.1 Å². The second-order valence-corrected chi connectivity index (χ2v) is 4.68. The van der Waals surface area contributed by atoms with Crippen LogP contribution < -0.4 is 21.7 Å². The van der Waals surface area contributed by atoms with Gasteiger partial charge in [-0.2, -0.15) is 0 Å². The van der Waals surface area contributed by atoms with Gasteiger partial charge in [0.1, 0.15) is 5.75 Å². The van der Waals surface area contributed by atoms with E-state index in [0.29, 0.717) is 5.75 Å². The Bertz CT molecular complexity index is 692. The fraction of sp³-hybridized carbons (Fsp3) is 0.0625. The average Bonchev–Trinajstić information content (AvgIpc) is 2.53. The fourth-order valence-electron chi connectivity index (χ4n) is 1.84. The number of nitrogens with two attached hydrogens (primary N) is 2. The zero-order valence-electron chi connectivity index (χ0n) is 12.0. The van der Waals surface area contributed by atoms with Crippen LogP contribution in [0.3, 0.4) is 0 Å². The van der Waals surface area contributed by atoms with E-state index >= 15 is 0 Å². The van der Waals surface area contributed by atoms with Crippen molar-refractivity contribution in [2.75, 3.05) is 0 Å². The van der Waals surface area contributed by atoms with Crippen LogP contribution in [0.2, 0.25) is 0 Å². The molecule has 6 heteroatoms. The molecule has 0 heterocycles. The number of aryl methyl sites for hydroxylation is 1.